The Morgan fingerprint density at radius 2 is 1.74 bits per heavy atom. The summed E-state index contributed by atoms with van der Waals surface area (Å²) < 4.78 is 41.3. The topological polar surface area (TPSA) is 68.5 Å². The van der Waals surface area contributed by atoms with Gasteiger partial charge in [0.25, 0.3) is 6.43 Å². The fourth-order valence-corrected chi connectivity index (χ4v) is 6.68. The minimum absolute atomic E-state index is 0.335. The number of aromatic nitrogens is 4. The highest BCUT2D eigenvalue weighted by Gasteiger charge is 2.28. The number of thioether (sulfide) groups is 1. The molecule has 1 aromatic carbocycles. The monoisotopic (exact) mass is 544 g/mol. The Hall–Kier alpha value is -2.50. The van der Waals surface area contributed by atoms with Crippen LogP contribution in [0, 0.1) is 5.92 Å². The fourth-order valence-electron chi connectivity index (χ4n) is 5.75. The summed E-state index contributed by atoms with van der Waals surface area (Å²) in [6.07, 6.45) is 1.91. The van der Waals surface area contributed by atoms with Crippen LogP contribution >= 0.6 is 11.8 Å². The highest BCUT2D eigenvalue weighted by atomic mass is 32.2. The second-order valence-electron chi connectivity index (χ2n) is 10.2. The summed E-state index contributed by atoms with van der Waals surface area (Å²) in [4.78, 5) is 18.3. The number of hydrogen-bond acceptors (Lipinski definition) is 8. The summed E-state index contributed by atoms with van der Waals surface area (Å²) in [6.45, 7) is 5.37. The molecule has 1 aliphatic carbocycles. The third-order valence-corrected chi connectivity index (χ3v) is 8.77. The van der Waals surface area contributed by atoms with Gasteiger partial charge >= 0.3 is 0 Å². The smallest absolute Gasteiger partial charge is 0.296 e. The van der Waals surface area contributed by atoms with Crippen LogP contribution < -0.4 is 9.64 Å². The van der Waals surface area contributed by atoms with E-state index in [1.807, 2.05) is 11.0 Å². The van der Waals surface area contributed by atoms with Gasteiger partial charge in [0.2, 0.25) is 11.8 Å². The van der Waals surface area contributed by atoms with Crippen LogP contribution in [0.4, 0.5) is 14.7 Å². The lowest BCUT2D eigenvalue weighted by Gasteiger charge is -2.38. The first-order valence-corrected chi connectivity index (χ1v) is 14.7. The molecule has 8 nitrogen and oxygen atoms in total. The summed E-state index contributed by atoms with van der Waals surface area (Å²) in [6, 6.07) is 9.48. The van der Waals surface area contributed by atoms with Crippen LogP contribution in [-0.4, -0.2) is 88.0 Å². The zero-order chi connectivity index (χ0) is 25.9. The normalized spacial score (nSPS) is 23.3. The first-order valence-electron chi connectivity index (χ1n) is 13.6. The van der Waals surface area contributed by atoms with E-state index in [9.17, 15) is 8.78 Å². The van der Waals surface area contributed by atoms with E-state index >= 15 is 0 Å². The van der Waals surface area contributed by atoms with Crippen molar-refractivity contribution in [2.75, 3.05) is 62.4 Å². The number of imidazole rings is 1. The van der Waals surface area contributed by atoms with E-state index < -0.39 is 6.43 Å². The highest BCUT2D eigenvalue weighted by molar-refractivity contribution is 7.99. The van der Waals surface area contributed by atoms with Crippen molar-refractivity contribution in [2.45, 2.75) is 38.2 Å². The quantitative estimate of drug-likeness (QED) is 0.428. The molecule has 4 heterocycles. The third kappa shape index (κ3) is 5.60. The summed E-state index contributed by atoms with van der Waals surface area (Å²) in [5, 5.41) is 0. The largest absolute Gasteiger partial charge is 0.477 e. The van der Waals surface area contributed by atoms with E-state index in [0.29, 0.717) is 73.5 Å². The number of halogens is 2. The number of nitrogens with zero attached hydrogens (tertiary/aromatic N) is 6. The summed E-state index contributed by atoms with van der Waals surface area (Å²) >= 11 is 2.05. The standard InChI is InChI=1S/C27H34F2N6O2S/c28-25(29)26-30-21-3-1-2-4-22(21)35(26)23-17-24(32-27(31-23)34-9-13-36-14-10-34)37-18-19-5-7-20(8-6-19)33-11-15-38-16-12-33/h1-4,17,19-20,25H,5-16,18H2/t19-,20-. The molecule has 0 radical (unpaired) electrons. The molecule has 0 amide bonds. The minimum Gasteiger partial charge on any atom is -0.477 e. The van der Waals surface area contributed by atoms with Gasteiger partial charge in [-0.05, 0) is 43.7 Å². The van der Waals surface area contributed by atoms with Gasteiger partial charge in [-0.2, -0.15) is 21.7 Å². The van der Waals surface area contributed by atoms with Crippen molar-refractivity contribution in [1.82, 2.24) is 24.4 Å². The zero-order valence-corrected chi connectivity index (χ0v) is 22.3. The number of alkyl halides is 2. The number of rotatable bonds is 7. The number of anilines is 1. The van der Waals surface area contributed by atoms with Crippen molar-refractivity contribution in [1.29, 1.82) is 0 Å². The van der Waals surface area contributed by atoms with E-state index in [0.717, 1.165) is 12.8 Å². The second-order valence-corrected chi connectivity index (χ2v) is 11.4. The van der Waals surface area contributed by atoms with Crippen LogP contribution in [0.2, 0.25) is 0 Å². The van der Waals surface area contributed by atoms with Gasteiger partial charge in [-0.25, -0.2) is 13.8 Å². The molecule has 38 heavy (non-hydrogen) atoms. The molecule has 6 rings (SSSR count). The molecule has 0 unspecified atom stereocenters. The fraction of sp³-hybridized carbons (Fsp3) is 0.593. The summed E-state index contributed by atoms with van der Waals surface area (Å²) in [5.74, 6) is 3.82. The molecule has 204 valence electrons. The van der Waals surface area contributed by atoms with Crippen molar-refractivity contribution in [3.63, 3.8) is 0 Å². The Kier molecular flexibility index (Phi) is 7.94. The van der Waals surface area contributed by atoms with E-state index in [1.165, 1.54) is 42.0 Å². The van der Waals surface area contributed by atoms with Crippen LogP contribution in [0.5, 0.6) is 5.88 Å². The molecule has 0 atom stereocenters. The van der Waals surface area contributed by atoms with Gasteiger partial charge in [0.15, 0.2) is 5.82 Å². The second kappa shape index (κ2) is 11.7. The van der Waals surface area contributed by atoms with Crippen molar-refractivity contribution in [3.05, 3.63) is 36.2 Å². The maximum absolute atomic E-state index is 14.1. The average molecular weight is 545 g/mol. The van der Waals surface area contributed by atoms with Gasteiger partial charge in [-0.1, -0.05) is 12.1 Å². The molecule has 2 aromatic heterocycles. The van der Waals surface area contributed by atoms with Gasteiger partial charge in [0.05, 0.1) is 30.9 Å². The molecule has 3 fully saturated rings. The lowest BCUT2D eigenvalue weighted by molar-refractivity contribution is 0.120. The number of benzene rings is 1. The Bertz CT molecular complexity index is 1220. The van der Waals surface area contributed by atoms with Crippen LogP contribution in [0.3, 0.4) is 0 Å². The van der Waals surface area contributed by atoms with Gasteiger partial charge in [0.1, 0.15) is 5.82 Å². The predicted octanol–water partition coefficient (Wildman–Crippen LogP) is 4.58. The molecule has 0 spiro atoms. The SMILES string of the molecule is FC(F)c1nc2ccccc2n1-c1cc(OC[C@H]2CC[C@H](N3CCSCC3)CC2)nc(N2CCOCC2)n1. The number of ether oxygens (including phenoxy) is 2. The summed E-state index contributed by atoms with van der Waals surface area (Å²) in [5.41, 5.74) is 1.08. The predicted molar refractivity (Wildman–Crippen MR) is 145 cm³/mol. The van der Waals surface area contributed by atoms with Crippen molar-refractivity contribution >= 4 is 28.7 Å². The van der Waals surface area contributed by atoms with Crippen LogP contribution in [0.25, 0.3) is 16.9 Å². The molecular formula is C27H34F2N6O2S. The first kappa shape index (κ1) is 25.8. The highest BCUT2D eigenvalue weighted by Crippen LogP contribution is 2.32. The molecule has 0 N–H and O–H groups in total. The number of hydrogen-bond donors (Lipinski definition) is 0. The molecule has 3 aromatic rings. The van der Waals surface area contributed by atoms with Gasteiger partial charge < -0.3 is 14.4 Å². The molecule has 2 saturated heterocycles. The maximum atomic E-state index is 14.1. The van der Waals surface area contributed by atoms with E-state index in [1.54, 1.807) is 24.3 Å². The summed E-state index contributed by atoms with van der Waals surface area (Å²) in [7, 11) is 0. The number of morpholine rings is 1. The zero-order valence-electron chi connectivity index (χ0n) is 21.5. The minimum atomic E-state index is -2.75. The average Bonchev–Trinajstić information content (AvgIpc) is 3.37. The van der Waals surface area contributed by atoms with Crippen molar-refractivity contribution in [3.8, 4) is 11.7 Å². The van der Waals surface area contributed by atoms with E-state index in [4.69, 9.17) is 19.4 Å². The van der Waals surface area contributed by atoms with Crippen LogP contribution in [0.1, 0.15) is 37.9 Å². The molecular weight excluding hydrogens is 510 g/mol. The van der Waals surface area contributed by atoms with Gasteiger partial charge in [-0.3, -0.25) is 9.47 Å². The lowest BCUT2D eigenvalue weighted by atomic mass is 9.86. The molecule has 2 aliphatic heterocycles. The van der Waals surface area contributed by atoms with Crippen LogP contribution in [0.15, 0.2) is 30.3 Å². The first-order chi connectivity index (χ1) is 18.7. The molecule has 0 bridgehead atoms. The van der Waals surface area contributed by atoms with Crippen molar-refractivity contribution < 1.29 is 18.3 Å². The molecule has 11 heteroatoms. The molecule has 1 saturated carbocycles. The van der Waals surface area contributed by atoms with E-state index in [2.05, 4.69) is 21.6 Å². The van der Waals surface area contributed by atoms with E-state index in [-0.39, 0.29) is 5.82 Å². The Morgan fingerprint density at radius 1 is 0.974 bits per heavy atom. The van der Waals surface area contributed by atoms with Crippen LogP contribution in [-0.2, 0) is 4.74 Å². The molecule has 3 aliphatic rings. The third-order valence-electron chi connectivity index (χ3n) is 7.83. The van der Waals surface area contributed by atoms with Crippen molar-refractivity contribution in [2.24, 2.45) is 5.92 Å². The lowest BCUT2D eigenvalue weighted by Crippen LogP contribution is -2.43. The van der Waals surface area contributed by atoms with Gasteiger partial charge in [0, 0.05) is 49.8 Å². The number of para-hydroxylation sites is 2. The Balaban J connectivity index is 1.24. The maximum Gasteiger partial charge on any atom is 0.296 e. The Morgan fingerprint density at radius 3 is 2.50 bits per heavy atom. The van der Waals surface area contributed by atoms with Gasteiger partial charge in [-0.15, -0.1) is 0 Å². The Labute approximate surface area is 225 Å². The number of fused-ring (bicyclic) bond motifs is 1.